The first-order valence-electron chi connectivity index (χ1n) is 13.2. The SMILES string of the molecule is C=CCOC(=O)C1CCC2C(CC[C@@H]2NC(=O)c2cc(C(=O)NCc3csc(CC)c3)nc3ncnn23)C1=C. The van der Waals surface area contributed by atoms with E-state index in [4.69, 9.17) is 4.74 Å². The number of hydrogen-bond acceptors (Lipinski definition) is 8. The van der Waals surface area contributed by atoms with Crippen molar-refractivity contribution in [1.82, 2.24) is 30.2 Å². The van der Waals surface area contributed by atoms with Crippen LogP contribution in [-0.4, -0.2) is 50.0 Å². The highest BCUT2D eigenvalue weighted by Crippen LogP contribution is 2.47. The minimum absolute atomic E-state index is 0.0836. The summed E-state index contributed by atoms with van der Waals surface area (Å²) in [5, 5.41) is 12.2. The van der Waals surface area contributed by atoms with E-state index in [-0.39, 0.29) is 59.4 Å². The number of carbonyl (C=O) groups excluding carboxylic acids is 3. The summed E-state index contributed by atoms with van der Waals surface area (Å²) < 4.78 is 6.61. The number of hydrogen-bond donors (Lipinski definition) is 2. The molecule has 3 aromatic rings. The van der Waals surface area contributed by atoms with Crippen molar-refractivity contribution in [2.75, 3.05) is 6.61 Å². The second kappa shape index (κ2) is 11.5. The van der Waals surface area contributed by atoms with Gasteiger partial charge in [-0.25, -0.2) is 4.98 Å². The molecule has 4 atom stereocenters. The Balaban J connectivity index is 1.27. The number of rotatable bonds is 9. The first-order chi connectivity index (χ1) is 18.9. The molecular weight excluding hydrogens is 516 g/mol. The molecule has 5 rings (SSSR count). The Labute approximate surface area is 230 Å². The number of thiophene rings is 1. The highest BCUT2D eigenvalue weighted by Gasteiger charge is 2.45. The maximum absolute atomic E-state index is 13.5. The zero-order valence-corrected chi connectivity index (χ0v) is 22.7. The average molecular weight is 549 g/mol. The van der Waals surface area contributed by atoms with Crippen LogP contribution >= 0.6 is 11.3 Å². The molecule has 2 N–H and O–H groups in total. The molecule has 2 aliphatic carbocycles. The number of aryl methyl sites for hydroxylation is 1. The molecule has 11 heteroatoms. The first-order valence-corrected chi connectivity index (χ1v) is 14.1. The fourth-order valence-electron chi connectivity index (χ4n) is 5.73. The quantitative estimate of drug-likeness (QED) is 0.309. The molecule has 3 unspecified atom stereocenters. The Hall–Kier alpha value is -3.86. The van der Waals surface area contributed by atoms with Gasteiger partial charge in [0.15, 0.2) is 0 Å². The lowest BCUT2D eigenvalue weighted by atomic mass is 9.71. The first kappa shape index (κ1) is 26.7. The van der Waals surface area contributed by atoms with E-state index in [0.29, 0.717) is 13.0 Å². The van der Waals surface area contributed by atoms with Crippen LogP contribution in [0.25, 0.3) is 5.78 Å². The normalized spacial score (nSPS) is 22.3. The predicted molar refractivity (Wildman–Crippen MR) is 146 cm³/mol. The highest BCUT2D eigenvalue weighted by molar-refractivity contribution is 7.10. The van der Waals surface area contributed by atoms with Gasteiger partial charge in [-0.1, -0.05) is 31.7 Å². The minimum Gasteiger partial charge on any atom is -0.461 e. The van der Waals surface area contributed by atoms with Crippen molar-refractivity contribution in [3.8, 4) is 0 Å². The standard InChI is InChI=1S/C28H32N6O4S/c1-4-10-38-27(37)20-6-7-21-19(16(20)3)8-9-22(21)32-26(36)24-12-23(33-28-30-15-31-34(24)28)25(35)29-13-17-11-18(5-2)39-14-17/h4,11-12,14-15,19-22H,1,3,5-10,13H2,2H3,(H,29,35)(H,32,36)/t19?,20?,21?,22-/m0/s1. The summed E-state index contributed by atoms with van der Waals surface area (Å²) in [6.07, 6.45) is 6.84. The van der Waals surface area contributed by atoms with Gasteiger partial charge in [0.25, 0.3) is 17.6 Å². The van der Waals surface area contributed by atoms with E-state index in [9.17, 15) is 14.4 Å². The summed E-state index contributed by atoms with van der Waals surface area (Å²) in [5.74, 6) is -0.826. The van der Waals surface area contributed by atoms with Crippen LogP contribution in [0.2, 0.25) is 0 Å². The third kappa shape index (κ3) is 5.49. The smallest absolute Gasteiger partial charge is 0.313 e. The highest BCUT2D eigenvalue weighted by atomic mass is 32.1. The lowest BCUT2D eigenvalue weighted by Gasteiger charge is -2.35. The van der Waals surface area contributed by atoms with Crippen LogP contribution < -0.4 is 10.6 Å². The van der Waals surface area contributed by atoms with Gasteiger partial charge in [0.1, 0.15) is 24.3 Å². The molecule has 204 valence electrons. The van der Waals surface area contributed by atoms with Gasteiger partial charge < -0.3 is 15.4 Å². The van der Waals surface area contributed by atoms with E-state index in [1.165, 1.54) is 21.8 Å². The molecular formula is C28H32N6O4S. The Bertz CT molecular complexity index is 1430. The lowest BCUT2D eigenvalue weighted by molar-refractivity contribution is -0.147. The van der Waals surface area contributed by atoms with E-state index in [1.54, 1.807) is 17.4 Å². The van der Waals surface area contributed by atoms with Gasteiger partial charge in [0.2, 0.25) is 0 Å². The second-order valence-electron chi connectivity index (χ2n) is 10.0. The summed E-state index contributed by atoms with van der Waals surface area (Å²) >= 11 is 1.66. The Morgan fingerprint density at radius 3 is 2.82 bits per heavy atom. The van der Waals surface area contributed by atoms with Gasteiger partial charge in [-0.3, -0.25) is 14.4 Å². The van der Waals surface area contributed by atoms with Crippen molar-refractivity contribution < 1.29 is 19.1 Å². The van der Waals surface area contributed by atoms with Crippen molar-refractivity contribution in [2.45, 2.75) is 51.6 Å². The predicted octanol–water partition coefficient (Wildman–Crippen LogP) is 3.50. The van der Waals surface area contributed by atoms with Crippen LogP contribution in [-0.2, 0) is 22.5 Å². The summed E-state index contributed by atoms with van der Waals surface area (Å²) in [5.41, 5.74) is 2.20. The zero-order valence-electron chi connectivity index (χ0n) is 21.9. The molecule has 3 heterocycles. The lowest BCUT2D eigenvalue weighted by Crippen LogP contribution is -2.42. The maximum Gasteiger partial charge on any atom is 0.313 e. The number of carbonyl (C=O) groups is 3. The molecule has 10 nitrogen and oxygen atoms in total. The van der Waals surface area contributed by atoms with E-state index in [1.807, 2.05) is 5.38 Å². The molecule has 2 fully saturated rings. The van der Waals surface area contributed by atoms with E-state index >= 15 is 0 Å². The third-order valence-corrected chi connectivity index (χ3v) is 8.84. The molecule has 0 aliphatic heterocycles. The number of aromatic nitrogens is 4. The van der Waals surface area contributed by atoms with Crippen LogP contribution in [0.15, 0.2) is 48.6 Å². The molecule has 39 heavy (non-hydrogen) atoms. The van der Waals surface area contributed by atoms with E-state index in [2.05, 4.69) is 51.8 Å². The van der Waals surface area contributed by atoms with Gasteiger partial charge >= 0.3 is 5.97 Å². The van der Waals surface area contributed by atoms with Crippen LogP contribution in [0, 0.1) is 17.8 Å². The number of nitrogens with zero attached hydrogens (tertiary/aromatic N) is 4. The van der Waals surface area contributed by atoms with Crippen molar-refractivity contribution in [2.24, 2.45) is 17.8 Å². The van der Waals surface area contributed by atoms with Gasteiger partial charge in [0, 0.05) is 23.5 Å². The maximum atomic E-state index is 13.5. The van der Waals surface area contributed by atoms with Crippen LogP contribution in [0.5, 0.6) is 0 Å². The van der Waals surface area contributed by atoms with Gasteiger partial charge in [-0.15, -0.1) is 11.3 Å². The fraction of sp³-hybridized carbons (Fsp3) is 0.429. The molecule has 0 saturated heterocycles. The summed E-state index contributed by atoms with van der Waals surface area (Å²) in [6, 6.07) is 3.44. The molecule has 3 aromatic heterocycles. The minimum atomic E-state index is -0.391. The van der Waals surface area contributed by atoms with Crippen LogP contribution in [0.3, 0.4) is 0 Å². The van der Waals surface area contributed by atoms with Crippen molar-refractivity contribution >= 4 is 34.9 Å². The van der Waals surface area contributed by atoms with Gasteiger partial charge in [0.05, 0.1) is 5.92 Å². The summed E-state index contributed by atoms with van der Waals surface area (Å²) in [7, 11) is 0. The van der Waals surface area contributed by atoms with Crippen LogP contribution in [0.4, 0.5) is 0 Å². The zero-order chi connectivity index (χ0) is 27.5. The Morgan fingerprint density at radius 2 is 2.05 bits per heavy atom. The van der Waals surface area contributed by atoms with Crippen molar-refractivity contribution in [3.05, 3.63) is 70.5 Å². The average Bonchev–Trinajstić information content (AvgIpc) is 3.70. The number of fused-ring (bicyclic) bond motifs is 2. The molecule has 0 aromatic carbocycles. The second-order valence-corrected chi connectivity index (χ2v) is 11.0. The third-order valence-electron chi connectivity index (χ3n) is 7.71. The van der Waals surface area contributed by atoms with Gasteiger partial charge in [-0.05, 0) is 60.9 Å². The molecule has 2 aliphatic rings. The number of esters is 1. The van der Waals surface area contributed by atoms with Crippen LogP contribution in [0.1, 0.15) is 64.0 Å². The van der Waals surface area contributed by atoms with E-state index in [0.717, 1.165) is 36.8 Å². The molecule has 0 spiro atoms. The largest absolute Gasteiger partial charge is 0.461 e. The molecule has 0 radical (unpaired) electrons. The molecule has 0 bridgehead atoms. The topological polar surface area (TPSA) is 128 Å². The number of ether oxygens (including phenoxy) is 1. The van der Waals surface area contributed by atoms with Gasteiger partial charge in [-0.2, -0.15) is 14.6 Å². The summed E-state index contributed by atoms with van der Waals surface area (Å²) in [6.45, 7) is 10.5. The molecule has 2 amide bonds. The number of amides is 2. The van der Waals surface area contributed by atoms with Crippen molar-refractivity contribution in [3.63, 3.8) is 0 Å². The van der Waals surface area contributed by atoms with Crippen molar-refractivity contribution in [1.29, 1.82) is 0 Å². The Kier molecular flexibility index (Phi) is 7.87. The fourth-order valence-corrected chi connectivity index (χ4v) is 6.57. The Morgan fingerprint density at radius 1 is 1.21 bits per heavy atom. The van der Waals surface area contributed by atoms with E-state index < -0.39 is 5.91 Å². The monoisotopic (exact) mass is 548 g/mol. The summed E-state index contributed by atoms with van der Waals surface area (Å²) in [4.78, 5) is 48.6. The number of nitrogens with one attached hydrogen (secondary N) is 2. The molecule has 2 saturated carbocycles.